The predicted octanol–water partition coefficient (Wildman–Crippen LogP) is 3.18. The summed E-state index contributed by atoms with van der Waals surface area (Å²) in [6.07, 6.45) is 4.90. The Hall–Kier alpha value is -2.70. The number of rotatable bonds is 4. The Kier molecular flexibility index (Phi) is 4.91. The van der Waals surface area contributed by atoms with Crippen LogP contribution >= 0.6 is 0 Å². The number of aryl methyl sites for hydroxylation is 1. The highest BCUT2D eigenvalue weighted by Gasteiger charge is 2.31. The summed E-state index contributed by atoms with van der Waals surface area (Å²) < 4.78 is 16.0. The lowest BCUT2D eigenvalue weighted by Crippen LogP contribution is -2.39. The zero-order chi connectivity index (χ0) is 19.8. The van der Waals surface area contributed by atoms with Gasteiger partial charge in [-0.1, -0.05) is 6.07 Å². The SMILES string of the molecule is Cc1ccc(F)c(-n2nc(C(=O)NC3CCC(C(=O)O)CC3)c3c2CCC3)c1. The molecule has 28 heavy (non-hydrogen) atoms. The molecule has 0 aliphatic heterocycles. The largest absolute Gasteiger partial charge is 0.481 e. The molecule has 2 aliphatic carbocycles. The molecule has 1 amide bonds. The molecule has 2 N–H and O–H groups in total. The number of carbonyl (C=O) groups is 2. The molecule has 1 aromatic carbocycles. The van der Waals surface area contributed by atoms with Crippen molar-refractivity contribution in [1.29, 1.82) is 0 Å². The third-order valence-electron chi connectivity index (χ3n) is 5.89. The smallest absolute Gasteiger partial charge is 0.306 e. The van der Waals surface area contributed by atoms with E-state index in [1.807, 2.05) is 6.92 Å². The molecule has 2 aliphatic rings. The number of hydrogen-bond acceptors (Lipinski definition) is 3. The molecule has 0 spiro atoms. The third kappa shape index (κ3) is 3.41. The van der Waals surface area contributed by atoms with Crippen molar-refractivity contribution in [2.45, 2.75) is 57.9 Å². The number of fused-ring (bicyclic) bond motifs is 1. The standard InChI is InChI=1S/C21H24FN3O3/c1-12-5-10-16(22)18(11-12)25-17-4-2-3-15(17)19(24-25)20(26)23-14-8-6-13(7-9-14)21(27)28/h5,10-11,13-14H,2-4,6-9H2,1H3,(H,23,26)(H,27,28). The van der Waals surface area contributed by atoms with Gasteiger partial charge in [-0.05, 0) is 69.6 Å². The van der Waals surface area contributed by atoms with Crippen LogP contribution in [0.5, 0.6) is 0 Å². The van der Waals surface area contributed by atoms with Crippen LogP contribution in [0.1, 0.15) is 59.4 Å². The van der Waals surface area contributed by atoms with Crippen LogP contribution < -0.4 is 5.32 Å². The Morgan fingerprint density at radius 1 is 1.21 bits per heavy atom. The minimum Gasteiger partial charge on any atom is -0.481 e. The molecule has 0 atom stereocenters. The van der Waals surface area contributed by atoms with Crippen LogP contribution in [0.3, 0.4) is 0 Å². The van der Waals surface area contributed by atoms with E-state index in [-0.39, 0.29) is 23.7 Å². The number of amides is 1. The lowest BCUT2D eigenvalue weighted by Gasteiger charge is -2.26. The zero-order valence-corrected chi connectivity index (χ0v) is 15.9. The fourth-order valence-electron chi connectivity index (χ4n) is 4.34. The van der Waals surface area contributed by atoms with E-state index in [0.29, 0.717) is 37.1 Å². The summed E-state index contributed by atoms with van der Waals surface area (Å²) in [6, 6.07) is 4.84. The van der Waals surface area contributed by atoms with Gasteiger partial charge >= 0.3 is 5.97 Å². The van der Waals surface area contributed by atoms with E-state index in [9.17, 15) is 14.0 Å². The van der Waals surface area contributed by atoms with Gasteiger partial charge in [-0.15, -0.1) is 0 Å². The van der Waals surface area contributed by atoms with Gasteiger partial charge in [-0.3, -0.25) is 9.59 Å². The monoisotopic (exact) mass is 385 g/mol. The molecule has 0 unspecified atom stereocenters. The molecule has 0 bridgehead atoms. The van der Waals surface area contributed by atoms with Crippen LogP contribution in [0.2, 0.25) is 0 Å². The average molecular weight is 385 g/mol. The number of carboxylic acid groups (broad SMARTS) is 1. The van der Waals surface area contributed by atoms with Crippen LogP contribution in [0.4, 0.5) is 4.39 Å². The maximum atomic E-state index is 14.4. The summed E-state index contributed by atoms with van der Waals surface area (Å²) in [5.41, 5.74) is 3.48. The molecule has 1 aromatic heterocycles. The second kappa shape index (κ2) is 7.37. The summed E-state index contributed by atoms with van der Waals surface area (Å²) in [5, 5.41) is 16.6. The summed E-state index contributed by atoms with van der Waals surface area (Å²) in [4.78, 5) is 24.0. The molecule has 1 fully saturated rings. The minimum atomic E-state index is -0.762. The van der Waals surface area contributed by atoms with Crippen molar-refractivity contribution >= 4 is 11.9 Å². The van der Waals surface area contributed by atoms with Gasteiger partial charge in [0, 0.05) is 17.3 Å². The van der Waals surface area contributed by atoms with Crippen molar-refractivity contribution < 1.29 is 19.1 Å². The van der Waals surface area contributed by atoms with E-state index >= 15 is 0 Å². The fourth-order valence-corrected chi connectivity index (χ4v) is 4.34. The number of hydrogen-bond donors (Lipinski definition) is 2. The highest BCUT2D eigenvalue weighted by molar-refractivity contribution is 5.94. The molecule has 1 heterocycles. The van der Waals surface area contributed by atoms with E-state index in [1.165, 1.54) is 6.07 Å². The topological polar surface area (TPSA) is 84.2 Å². The molecule has 6 nitrogen and oxygen atoms in total. The van der Waals surface area contributed by atoms with Gasteiger partial charge in [0.05, 0.1) is 5.92 Å². The van der Waals surface area contributed by atoms with Gasteiger partial charge < -0.3 is 10.4 Å². The zero-order valence-electron chi connectivity index (χ0n) is 15.9. The molecule has 2 aromatic rings. The van der Waals surface area contributed by atoms with Gasteiger partial charge in [0.2, 0.25) is 0 Å². The summed E-state index contributed by atoms with van der Waals surface area (Å²) in [7, 11) is 0. The van der Waals surface area contributed by atoms with E-state index in [2.05, 4.69) is 10.4 Å². The Bertz CT molecular complexity index is 929. The number of aromatic nitrogens is 2. The summed E-state index contributed by atoms with van der Waals surface area (Å²) in [6.45, 7) is 1.90. The van der Waals surface area contributed by atoms with Crippen molar-refractivity contribution in [3.05, 3.63) is 46.5 Å². The Morgan fingerprint density at radius 2 is 1.96 bits per heavy atom. The maximum Gasteiger partial charge on any atom is 0.306 e. The van der Waals surface area contributed by atoms with E-state index in [0.717, 1.165) is 36.1 Å². The number of aliphatic carboxylic acids is 1. The second-order valence-corrected chi connectivity index (χ2v) is 7.85. The molecule has 148 valence electrons. The van der Waals surface area contributed by atoms with Crippen molar-refractivity contribution in [3.8, 4) is 5.69 Å². The number of nitrogens with zero attached hydrogens (tertiary/aromatic N) is 2. The molecule has 4 rings (SSSR count). The van der Waals surface area contributed by atoms with Gasteiger partial charge in [0.15, 0.2) is 5.69 Å². The van der Waals surface area contributed by atoms with Crippen molar-refractivity contribution in [3.63, 3.8) is 0 Å². The number of halogens is 1. The number of carbonyl (C=O) groups excluding carboxylic acids is 1. The van der Waals surface area contributed by atoms with Crippen molar-refractivity contribution in [2.24, 2.45) is 5.92 Å². The maximum absolute atomic E-state index is 14.4. The Labute approximate surface area is 162 Å². The van der Waals surface area contributed by atoms with Gasteiger partial charge in [0.25, 0.3) is 5.91 Å². The van der Waals surface area contributed by atoms with Crippen LogP contribution in [-0.2, 0) is 17.6 Å². The summed E-state index contributed by atoms with van der Waals surface area (Å²) >= 11 is 0. The van der Waals surface area contributed by atoms with E-state index < -0.39 is 5.97 Å². The predicted molar refractivity (Wildman–Crippen MR) is 101 cm³/mol. The number of benzene rings is 1. The van der Waals surface area contributed by atoms with Gasteiger partial charge in [-0.25, -0.2) is 9.07 Å². The molecule has 0 radical (unpaired) electrons. The molecule has 7 heteroatoms. The molecular weight excluding hydrogens is 361 g/mol. The van der Waals surface area contributed by atoms with E-state index in [4.69, 9.17) is 5.11 Å². The molecule has 0 saturated heterocycles. The first kappa shape index (κ1) is 18.7. The normalized spacial score (nSPS) is 21.4. The first-order valence-electron chi connectivity index (χ1n) is 9.85. The minimum absolute atomic E-state index is 0.0407. The highest BCUT2D eigenvalue weighted by Crippen LogP contribution is 2.30. The van der Waals surface area contributed by atoms with Crippen molar-refractivity contribution in [2.75, 3.05) is 0 Å². The number of nitrogens with one attached hydrogen (secondary N) is 1. The highest BCUT2D eigenvalue weighted by atomic mass is 19.1. The fraction of sp³-hybridized carbons (Fsp3) is 0.476. The third-order valence-corrected chi connectivity index (χ3v) is 5.89. The molecule has 1 saturated carbocycles. The lowest BCUT2D eigenvalue weighted by atomic mass is 9.86. The Morgan fingerprint density at radius 3 is 2.68 bits per heavy atom. The van der Waals surface area contributed by atoms with Crippen molar-refractivity contribution in [1.82, 2.24) is 15.1 Å². The van der Waals surface area contributed by atoms with Crippen LogP contribution in [0, 0.1) is 18.7 Å². The first-order chi connectivity index (χ1) is 13.4. The van der Waals surface area contributed by atoms with Crippen LogP contribution in [-0.4, -0.2) is 32.8 Å². The summed E-state index contributed by atoms with van der Waals surface area (Å²) in [5.74, 6) is -1.69. The Balaban J connectivity index is 1.57. The first-order valence-corrected chi connectivity index (χ1v) is 9.85. The van der Waals surface area contributed by atoms with Crippen LogP contribution in [0.25, 0.3) is 5.69 Å². The lowest BCUT2D eigenvalue weighted by molar-refractivity contribution is -0.142. The average Bonchev–Trinajstić information content (AvgIpc) is 3.27. The quantitative estimate of drug-likeness (QED) is 0.847. The van der Waals surface area contributed by atoms with Crippen LogP contribution in [0.15, 0.2) is 18.2 Å². The van der Waals surface area contributed by atoms with Gasteiger partial charge in [-0.2, -0.15) is 5.10 Å². The van der Waals surface area contributed by atoms with E-state index in [1.54, 1.807) is 16.8 Å². The second-order valence-electron chi connectivity index (χ2n) is 7.85. The number of carboxylic acids is 1. The van der Waals surface area contributed by atoms with Gasteiger partial charge in [0.1, 0.15) is 11.5 Å². The molecular formula is C21H24FN3O3.